The standard InChI is InChI=1S/C19H16.C15H10N2O2.3CHNO/c1-4-10-16(11-5-1)19(17-12-6-2-7-13-17)18-14-8-3-9-15-18;18-10-16-14-7-3-1-5-12(14)9-13-6-2-4-8-15(13)17-11-19;3*2-1-3/h1-15,19H;1-8H,9H2;3*2H. The molecule has 47 heavy (non-hydrogen) atoms. The predicted molar refractivity (Wildman–Crippen MR) is 177 cm³/mol. The van der Waals surface area contributed by atoms with Crippen LogP contribution in [0.1, 0.15) is 33.7 Å². The fourth-order valence-electron chi connectivity index (χ4n) is 4.36. The van der Waals surface area contributed by atoms with Gasteiger partial charge in [-0.15, -0.1) is 0 Å². The molecule has 0 amide bonds. The maximum Gasteiger partial charge on any atom is 0.240 e. The summed E-state index contributed by atoms with van der Waals surface area (Å²) in [5, 5.41) is 16.2. The molecule has 0 aliphatic carbocycles. The first-order chi connectivity index (χ1) is 23.0. The molecule has 5 rings (SSSR count). The lowest BCUT2D eigenvalue weighted by Gasteiger charge is -2.18. The third-order valence-corrected chi connectivity index (χ3v) is 6.10. The molecule has 10 nitrogen and oxygen atoms in total. The molecule has 232 valence electrons. The molecule has 5 aromatic rings. The van der Waals surface area contributed by atoms with Gasteiger partial charge in [-0.05, 0) is 39.9 Å². The van der Waals surface area contributed by atoms with E-state index in [0.717, 1.165) is 29.4 Å². The van der Waals surface area contributed by atoms with Gasteiger partial charge in [0.25, 0.3) is 0 Å². The second kappa shape index (κ2) is 24.4. The Kier molecular flexibility index (Phi) is 19.8. The molecule has 0 fully saturated rings. The highest BCUT2D eigenvalue weighted by Gasteiger charge is 2.15. The summed E-state index contributed by atoms with van der Waals surface area (Å²) in [6.07, 6.45) is 5.86. The van der Waals surface area contributed by atoms with Gasteiger partial charge in [0, 0.05) is 12.3 Å². The van der Waals surface area contributed by atoms with E-state index in [-0.39, 0.29) is 0 Å². The first-order valence-corrected chi connectivity index (χ1v) is 13.6. The van der Waals surface area contributed by atoms with Gasteiger partial charge in [-0.3, -0.25) is 0 Å². The van der Waals surface area contributed by atoms with Gasteiger partial charge in [0.2, 0.25) is 30.4 Å². The van der Waals surface area contributed by atoms with E-state index in [1.54, 1.807) is 24.3 Å². The fraction of sp³-hybridized carbons (Fsp3) is 0.0541. The average Bonchev–Trinajstić information content (AvgIpc) is 3.10. The van der Waals surface area contributed by atoms with E-state index in [1.165, 1.54) is 28.9 Å². The van der Waals surface area contributed by atoms with E-state index < -0.39 is 0 Å². The molecule has 3 N–H and O–H groups in total. The van der Waals surface area contributed by atoms with Crippen LogP contribution in [0.5, 0.6) is 0 Å². The van der Waals surface area contributed by atoms with E-state index in [4.69, 9.17) is 30.6 Å². The van der Waals surface area contributed by atoms with Crippen molar-refractivity contribution in [3.63, 3.8) is 0 Å². The lowest BCUT2D eigenvalue weighted by Crippen LogP contribution is -2.02. The first-order valence-electron chi connectivity index (χ1n) is 13.6. The maximum atomic E-state index is 10.4. The highest BCUT2D eigenvalue weighted by molar-refractivity contribution is 5.59. The lowest BCUT2D eigenvalue weighted by molar-refractivity contribution is 0.562. The van der Waals surface area contributed by atoms with Crippen molar-refractivity contribution in [1.82, 2.24) is 0 Å². The van der Waals surface area contributed by atoms with Crippen LogP contribution in [0.3, 0.4) is 0 Å². The number of isocyanates is 5. The molecule has 0 saturated heterocycles. The van der Waals surface area contributed by atoms with Crippen molar-refractivity contribution >= 4 is 41.8 Å². The molecule has 0 aromatic heterocycles. The summed E-state index contributed by atoms with van der Waals surface area (Å²) in [6.45, 7) is 0. The molecule has 0 saturated carbocycles. The van der Waals surface area contributed by atoms with Gasteiger partial charge in [-0.2, -0.15) is 9.98 Å². The van der Waals surface area contributed by atoms with Gasteiger partial charge >= 0.3 is 0 Å². The van der Waals surface area contributed by atoms with Crippen LogP contribution in [0, 0.1) is 16.2 Å². The Morgan fingerprint density at radius 1 is 0.426 bits per heavy atom. The van der Waals surface area contributed by atoms with Crippen molar-refractivity contribution in [3.8, 4) is 0 Å². The molecular formula is C37H29N5O5. The lowest BCUT2D eigenvalue weighted by atomic mass is 9.85. The molecule has 10 heteroatoms. The monoisotopic (exact) mass is 623 g/mol. The fourth-order valence-corrected chi connectivity index (χ4v) is 4.36. The average molecular weight is 624 g/mol. The summed E-state index contributed by atoms with van der Waals surface area (Å²) in [4.78, 5) is 53.1. The maximum absolute atomic E-state index is 10.4. The smallest absolute Gasteiger partial charge is 0.222 e. The van der Waals surface area contributed by atoms with E-state index >= 15 is 0 Å². The number of nitrogens with one attached hydrogen (secondary N) is 3. The molecule has 0 atom stereocenters. The van der Waals surface area contributed by atoms with Crippen molar-refractivity contribution < 1.29 is 24.0 Å². The summed E-state index contributed by atoms with van der Waals surface area (Å²) in [6, 6.07) is 46.6. The van der Waals surface area contributed by atoms with Gasteiger partial charge in [0.05, 0.1) is 11.4 Å². The highest BCUT2D eigenvalue weighted by atomic mass is 16.1. The number of carbonyl (C=O) groups excluding carboxylic acids is 5. The minimum Gasteiger partial charge on any atom is -0.222 e. The SMILES string of the molecule is N=C=O.N=C=O.N=C=O.O=C=Nc1ccccc1Cc1ccccc1N=C=O.c1ccc(C(c2ccccc2)c2ccccc2)cc1. The highest BCUT2D eigenvalue weighted by Crippen LogP contribution is 2.31. The quantitative estimate of drug-likeness (QED) is 0.0948. The van der Waals surface area contributed by atoms with E-state index in [0.29, 0.717) is 23.7 Å². The van der Waals surface area contributed by atoms with Gasteiger partial charge in [-0.1, -0.05) is 127 Å². The normalized spacial score (nSPS) is 8.53. The Morgan fingerprint density at radius 2 is 0.681 bits per heavy atom. The zero-order valence-corrected chi connectivity index (χ0v) is 25.0. The van der Waals surface area contributed by atoms with Crippen molar-refractivity contribution in [2.75, 3.05) is 0 Å². The van der Waals surface area contributed by atoms with Crippen molar-refractivity contribution in [2.24, 2.45) is 9.98 Å². The number of rotatable bonds is 7. The molecule has 0 bridgehead atoms. The topological polar surface area (TPSA) is 182 Å². The minimum atomic E-state index is 0.309. The van der Waals surface area contributed by atoms with E-state index in [9.17, 15) is 9.59 Å². The van der Waals surface area contributed by atoms with Crippen molar-refractivity contribution in [1.29, 1.82) is 16.2 Å². The van der Waals surface area contributed by atoms with E-state index in [2.05, 4.69) is 101 Å². The Balaban J connectivity index is 0.000000376. The van der Waals surface area contributed by atoms with Gasteiger partial charge in [-0.25, -0.2) is 40.2 Å². The van der Waals surface area contributed by atoms with Crippen LogP contribution in [0.4, 0.5) is 11.4 Å². The molecular weight excluding hydrogens is 594 g/mol. The first kappa shape index (κ1) is 38.0. The number of para-hydroxylation sites is 2. The third kappa shape index (κ3) is 14.3. The Bertz CT molecular complexity index is 1650. The van der Waals surface area contributed by atoms with Gasteiger partial charge in [0.15, 0.2) is 0 Å². The molecule has 0 unspecified atom stereocenters. The van der Waals surface area contributed by atoms with Crippen LogP contribution in [0.25, 0.3) is 0 Å². The van der Waals surface area contributed by atoms with E-state index in [1.807, 2.05) is 24.3 Å². The number of hydrogen-bond donors (Lipinski definition) is 3. The zero-order chi connectivity index (χ0) is 34.5. The summed E-state index contributed by atoms with van der Waals surface area (Å²) in [5.41, 5.74) is 6.89. The van der Waals surface area contributed by atoms with Crippen molar-refractivity contribution in [3.05, 3.63) is 167 Å². The number of aliphatic imine (C=N–C) groups is 2. The summed E-state index contributed by atoms with van der Waals surface area (Å²) >= 11 is 0. The Hall–Kier alpha value is -7.00. The largest absolute Gasteiger partial charge is 0.240 e. The number of benzene rings is 5. The molecule has 0 heterocycles. The van der Waals surface area contributed by atoms with Crippen LogP contribution in [-0.4, -0.2) is 30.4 Å². The molecule has 5 aromatic carbocycles. The van der Waals surface area contributed by atoms with Crippen LogP contribution in [0.15, 0.2) is 150 Å². The van der Waals surface area contributed by atoms with Crippen LogP contribution < -0.4 is 0 Å². The molecule has 0 spiro atoms. The summed E-state index contributed by atoms with van der Waals surface area (Å²) in [5.74, 6) is 0.309. The Labute approximate surface area is 271 Å². The zero-order valence-electron chi connectivity index (χ0n) is 25.0. The number of nitrogens with zero attached hydrogens (tertiary/aromatic N) is 2. The van der Waals surface area contributed by atoms with Crippen LogP contribution >= 0.6 is 0 Å². The Morgan fingerprint density at radius 3 is 0.957 bits per heavy atom. The molecule has 0 radical (unpaired) electrons. The minimum absolute atomic E-state index is 0.309. The summed E-state index contributed by atoms with van der Waals surface area (Å²) in [7, 11) is 0. The third-order valence-electron chi connectivity index (χ3n) is 6.10. The molecule has 0 aliphatic heterocycles. The molecule has 0 aliphatic rings. The second-order valence-corrected chi connectivity index (χ2v) is 8.81. The van der Waals surface area contributed by atoms with Gasteiger partial charge < -0.3 is 0 Å². The predicted octanol–water partition coefficient (Wildman–Crippen LogP) is 7.78. The van der Waals surface area contributed by atoms with Gasteiger partial charge in [0.1, 0.15) is 0 Å². The second-order valence-electron chi connectivity index (χ2n) is 8.81. The van der Waals surface area contributed by atoms with Crippen LogP contribution in [-0.2, 0) is 30.4 Å². The summed E-state index contributed by atoms with van der Waals surface area (Å²) < 4.78 is 0. The number of hydrogen-bond acceptors (Lipinski definition) is 10. The van der Waals surface area contributed by atoms with Crippen LogP contribution in [0.2, 0.25) is 0 Å². The van der Waals surface area contributed by atoms with Crippen molar-refractivity contribution in [2.45, 2.75) is 12.3 Å².